The maximum absolute atomic E-state index is 12.2. The molecule has 0 unspecified atom stereocenters. The van der Waals surface area contributed by atoms with Gasteiger partial charge in [0.25, 0.3) is 11.8 Å². The van der Waals surface area contributed by atoms with Gasteiger partial charge in [0, 0.05) is 11.3 Å². The Kier molecular flexibility index (Phi) is 6.89. The number of rotatable bonds is 7. The van der Waals surface area contributed by atoms with Gasteiger partial charge in [-0.2, -0.15) is 5.26 Å². The largest absolute Gasteiger partial charge is 0.454 e. The van der Waals surface area contributed by atoms with Crippen molar-refractivity contribution >= 4 is 23.5 Å². The molecule has 0 atom stereocenters. The molecule has 2 amide bonds. The highest BCUT2D eigenvalue weighted by Crippen LogP contribution is 2.13. The maximum Gasteiger partial charge on any atom is 0.325 e. The summed E-state index contributed by atoms with van der Waals surface area (Å²) in [5.74, 6) is -1.68. The molecule has 0 aliphatic carbocycles. The molecule has 0 spiro atoms. The zero-order valence-electron chi connectivity index (χ0n) is 13.9. The van der Waals surface area contributed by atoms with Crippen molar-refractivity contribution in [2.24, 2.45) is 0 Å². The summed E-state index contributed by atoms with van der Waals surface area (Å²) in [6, 6.07) is 18.9. The molecule has 0 saturated carbocycles. The van der Waals surface area contributed by atoms with Crippen LogP contribution in [0.5, 0.6) is 0 Å². The minimum absolute atomic E-state index is 0.162. The lowest BCUT2D eigenvalue weighted by atomic mass is 10.2. The third-order valence-electron chi connectivity index (χ3n) is 3.38. The first kappa shape index (κ1) is 18.7. The lowest BCUT2D eigenvalue weighted by molar-refractivity contribution is -0.146. The number of carbonyl (C=O) groups excluding carboxylic acids is 3. The minimum Gasteiger partial charge on any atom is -0.454 e. The van der Waals surface area contributed by atoms with Crippen LogP contribution in [0.3, 0.4) is 0 Å². The van der Waals surface area contributed by atoms with Crippen molar-refractivity contribution in [3.8, 4) is 6.07 Å². The Bertz CT molecular complexity index is 801. The lowest BCUT2D eigenvalue weighted by Crippen LogP contribution is -2.37. The first-order valence-corrected chi connectivity index (χ1v) is 7.83. The van der Waals surface area contributed by atoms with Gasteiger partial charge in [0.2, 0.25) is 0 Å². The zero-order chi connectivity index (χ0) is 18.8. The van der Waals surface area contributed by atoms with Crippen molar-refractivity contribution in [1.82, 2.24) is 5.32 Å². The normalized spacial score (nSPS) is 9.65. The van der Waals surface area contributed by atoms with Crippen LogP contribution < -0.4 is 10.2 Å². The van der Waals surface area contributed by atoms with E-state index in [2.05, 4.69) is 5.32 Å². The number of ether oxygens (including phenoxy) is 1. The number of benzene rings is 2. The Hall–Kier alpha value is -3.66. The summed E-state index contributed by atoms with van der Waals surface area (Å²) in [6.45, 7) is -1.04. The summed E-state index contributed by atoms with van der Waals surface area (Å²) in [5.41, 5.74) is 0.952. The predicted molar refractivity (Wildman–Crippen MR) is 94.1 cm³/mol. The Balaban J connectivity index is 1.83. The number of hydrogen-bond donors (Lipinski definition) is 1. The average Bonchev–Trinajstić information content (AvgIpc) is 2.69. The molecule has 1 N–H and O–H groups in total. The third-order valence-corrected chi connectivity index (χ3v) is 3.38. The van der Waals surface area contributed by atoms with Gasteiger partial charge in [0.05, 0.1) is 6.07 Å². The van der Waals surface area contributed by atoms with Gasteiger partial charge in [-0.15, -0.1) is 0 Å². The van der Waals surface area contributed by atoms with Crippen molar-refractivity contribution < 1.29 is 19.1 Å². The molecule has 26 heavy (non-hydrogen) atoms. The van der Waals surface area contributed by atoms with E-state index in [1.165, 1.54) is 4.90 Å². The zero-order valence-corrected chi connectivity index (χ0v) is 13.9. The van der Waals surface area contributed by atoms with Crippen molar-refractivity contribution in [2.75, 3.05) is 24.6 Å². The summed E-state index contributed by atoms with van der Waals surface area (Å²) < 4.78 is 4.88. The van der Waals surface area contributed by atoms with E-state index >= 15 is 0 Å². The second-order valence-corrected chi connectivity index (χ2v) is 5.18. The van der Waals surface area contributed by atoms with Crippen molar-refractivity contribution in [1.29, 1.82) is 5.26 Å². The molecule has 0 aromatic heterocycles. The number of amides is 2. The van der Waals surface area contributed by atoms with Crippen LogP contribution in [0.1, 0.15) is 10.4 Å². The Labute approximate surface area is 150 Å². The van der Waals surface area contributed by atoms with Crippen LogP contribution in [0.25, 0.3) is 0 Å². The number of nitrogens with one attached hydrogen (secondary N) is 1. The molecular formula is C19H17N3O4. The molecule has 0 bridgehead atoms. The summed E-state index contributed by atoms with van der Waals surface area (Å²) in [5, 5.41) is 11.3. The minimum atomic E-state index is -0.743. The summed E-state index contributed by atoms with van der Waals surface area (Å²) in [4.78, 5) is 37.0. The molecule has 2 aromatic rings. The molecule has 0 aliphatic rings. The fourth-order valence-corrected chi connectivity index (χ4v) is 2.12. The summed E-state index contributed by atoms with van der Waals surface area (Å²) in [6.07, 6.45) is 0. The lowest BCUT2D eigenvalue weighted by Gasteiger charge is -2.19. The number of esters is 1. The van der Waals surface area contributed by atoms with Crippen molar-refractivity contribution in [3.05, 3.63) is 66.2 Å². The SMILES string of the molecule is N#CCN(C(=O)COC(=O)CNC(=O)c1ccccc1)c1ccccc1. The molecule has 2 rings (SSSR count). The van der Waals surface area contributed by atoms with E-state index < -0.39 is 24.4 Å². The van der Waals surface area contributed by atoms with Crippen LogP contribution in [0.15, 0.2) is 60.7 Å². The molecule has 132 valence electrons. The fraction of sp³-hybridized carbons (Fsp3) is 0.158. The van der Waals surface area contributed by atoms with E-state index in [4.69, 9.17) is 10.00 Å². The standard InChI is InChI=1S/C19H17N3O4/c20-11-12-22(16-9-5-2-6-10-16)17(23)14-26-18(24)13-21-19(25)15-7-3-1-4-8-15/h1-10H,12-14H2,(H,21,25). The first-order chi connectivity index (χ1) is 12.6. The molecule has 0 saturated heterocycles. The molecule has 0 radical (unpaired) electrons. The van der Waals surface area contributed by atoms with Gasteiger partial charge in [-0.25, -0.2) is 0 Å². The maximum atomic E-state index is 12.2. The Morgan fingerprint density at radius 3 is 2.23 bits per heavy atom. The van der Waals surface area contributed by atoms with Crippen LogP contribution in [-0.4, -0.2) is 37.5 Å². The Morgan fingerprint density at radius 1 is 1.00 bits per heavy atom. The smallest absolute Gasteiger partial charge is 0.325 e. The van der Waals surface area contributed by atoms with Gasteiger partial charge in [-0.1, -0.05) is 36.4 Å². The predicted octanol–water partition coefficient (Wildman–Crippen LogP) is 1.52. The number of nitriles is 1. The second-order valence-electron chi connectivity index (χ2n) is 5.18. The molecule has 0 fully saturated rings. The summed E-state index contributed by atoms with van der Waals surface area (Å²) in [7, 11) is 0. The van der Waals surface area contributed by atoms with Gasteiger partial charge in [0.1, 0.15) is 13.1 Å². The quantitative estimate of drug-likeness (QED) is 0.602. The third kappa shape index (κ3) is 5.46. The summed E-state index contributed by atoms with van der Waals surface area (Å²) >= 11 is 0. The Morgan fingerprint density at radius 2 is 1.62 bits per heavy atom. The topological polar surface area (TPSA) is 99.5 Å². The van der Waals surface area contributed by atoms with Crippen molar-refractivity contribution in [3.63, 3.8) is 0 Å². The van der Waals surface area contributed by atoms with Crippen LogP contribution in [0.4, 0.5) is 5.69 Å². The molecule has 0 aliphatic heterocycles. The molecule has 2 aromatic carbocycles. The molecule has 7 nitrogen and oxygen atoms in total. The van der Waals surface area contributed by atoms with Crippen LogP contribution >= 0.6 is 0 Å². The van der Waals surface area contributed by atoms with Crippen molar-refractivity contribution in [2.45, 2.75) is 0 Å². The number of para-hydroxylation sites is 1. The van der Waals surface area contributed by atoms with E-state index in [0.717, 1.165) is 0 Å². The van der Waals surface area contributed by atoms with Gasteiger partial charge >= 0.3 is 5.97 Å². The van der Waals surface area contributed by atoms with Crippen LogP contribution in [0.2, 0.25) is 0 Å². The van der Waals surface area contributed by atoms with E-state index in [-0.39, 0.29) is 13.1 Å². The van der Waals surface area contributed by atoms with Crippen LogP contribution in [-0.2, 0) is 14.3 Å². The number of carbonyl (C=O) groups is 3. The average molecular weight is 351 g/mol. The number of nitrogens with zero attached hydrogens (tertiary/aromatic N) is 2. The highest BCUT2D eigenvalue weighted by molar-refractivity contribution is 5.97. The van der Waals surface area contributed by atoms with Gasteiger partial charge in [-0.05, 0) is 24.3 Å². The van der Waals surface area contributed by atoms with E-state index in [0.29, 0.717) is 11.3 Å². The molecule has 0 heterocycles. The number of anilines is 1. The van der Waals surface area contributed by atoms with E-state index in [1.54, 1.807) is 60.7 Å². The second kappa shape index (κ2) is 9.59. The monoisotopic (exact) mass is 351 g/mol. The molecule has 7 heteroatoms. The molecular weight excluding hydrogens is 334 g/mol. The van der Waals surface area contributed by atoms with Gasteiger partial charge in [0.15, 0.2) is 6.61 Å². The van der Waals surface area contributed by atoms with Gasteiger partial charge < -0.3 is 10.1 Å². The highest BCUT2D eigenvalue weighted by atomic mass is 16.5. The fourth-order valence-electron chi connectivity index (χ4n) is 2.12. The van der Waals surface area contributed by atoms with Crippen LogP contribution in [0, 0.1) is 11.3 Å². The number of hydrogen-bond acceptors (Lipinski definition) is 5. The highest BCUT2D eigenvalue weighted by Gasteiger charge is 2.17. The first-order valence-electron chi connectivity index (χ1n) is 7.83. The van der Waals surface area contributed by atoms with E-state index in [1.807, 2.05) is 6.07 Å². The van der Waals surface area contributed by atoms with Gasteiger partial charge in [-0.3, -0.25) is 19.3 Å². The van der Waals surface area contributed by atoms with E-state index in [9.17, 15) is 14.4 Å².